The molecule has 0 spiro atoms. The highest BCUT2D eigenvalue weighted by molar-refractivity contribution is 7.89. The van der Waals surface area contributed by atoms with Gasteiger partial charge in [0.1, 0.15) is 5.75 Å². The van der Waals surface area contributed by atoms with E-state index in [4.69, 9.17) is 0 Å². The average molecular weight is 424 g/mol. The third-order valence-corrected chi connectivity index (χ3v) is 6.76. The number of hydrogen-bond donors (Lipinski definition) is 1. The van der Waals surface area contributed by atoms with Gasteiger partial charge >= 0.3 is 6.61 Å². The van der Waals surface area contributed by atoms with Crippen molar-refractivity contribution in [2.45, 2.75) is 37.7 Å². The second-order valence-electron chi connectivity index (χ2n) is 6.80. The highest BCUT2D eigenvalue weighted by Gasteiger charge is 2.27. The fourth-order valence-electron chi connectivity index (χ4n) is 3.19. The molecule has 1 heterocycles. The van der Waals surface area contributed by atoms with Crippen molar-refractivity contribution >= 4 is 21.6 Å². The van der Waals surface area contributed by atoms with E-state index in [9.17, 15) is 22.0 Å². The summed E-state index contributed by atoms with van der Waals surface area (Å²) in [4.78, 5) is 12.6. The Morgan fingerprint density at radius 3 is 2.34 bits per heavy atom. The molecule has 0 aromatic heterocycles. The maximum Gasteiger partial charge on any atom is 0.387 e. The number of nitrogens with one attached hydrogen (secondary N) is 1. The molecular weight excluding hydrogens is 402 g/mol. The zero-order valence-electron chi connectivity index (χ0n) is 15.9. The van der Waals surface area contributed by atoms with E-state index in [-0.39, 0.29) is 16.2 Å². The van der Waals surface area contributed by atoms with Crippen LogP contribution >= 0.6 is 0 Å². The molecule has 0 bridgehead atoms. The molecule has 29 heavy (non-hydrogen) atoms. The maximum atomic E-state index is 13.0. The first-order chi connectivity index (χ1) is 13.8. The monoisotopic (exact) mass is 424 g/mol. The average Bonchev–Trinajstić information content (AvgIpc) is 2.70. The summed E-state index contributed by atoms with van der Waals surface area (Å²) in [5, 5.41) is 2.65. The summed E-state index contributed by atoms with van der Waals surface area (Å²) >= 11 is 0. The Morgan fingerprint density at radius 2 is 1.72 bits per heavy atom. The molecule has 0 saturated carbocycles. The van der Waals surface area contributed by atoms with Crippen LogP contribution in [-0.4, -0.2) is 38.3 Å². The van der Waals surface area contributed by atoms with Gasteiger partial charge in [-0.3, -0.25) is 4.79 Å². The van der Waals surface area contributed by atoms with Crippen molar-refractivity contribution in [1.82, 2.24) is 4.31 Å². The Morgan fingerprint density at radius 1 is 1.07 bits per heavy atom. The Hall–Kier alpha value is -2.52. The standard InChI is InChI=1S/C20H22F2N2O4S/c1-14-5-8-16(13-18(14)29(26,27)24-11-3-2-4-12-24)23-19(25)15-6-9-17(10-7-15)28-20(21)22/h5-10,13,20H,2-4,11-12H2,1H3,(H,23,25). The predicted octanol–water partition coefficient (Wildman–Crippen LogP) is 4.02. The molecular formula is C20H22F2N2O4S. The van der Waals surface area contributed by atoms with Crippen LogP contribution in [0.15, 0.2) is 47.4 Å². The van der Waals surface area contributed by atoms with Gasteiger partial charge in [0, 0.05) is 24.3 Å². The Balaban J connectivity index is 1.78. The molecule has 1 amide bonds. The van der Waals surface area contributed by atoms with E-state index in [0.29, 0.717) is 24.3 Å². The summed E-state index contributed by atoms with van der Waals surface area (Å²) in [5.41, 5.74) is 1.17. The number of sulfonamides is 1. The van der Waals surface area contributed by atoms with Crippen molar-refractivity contribution in [2.75, 3.05) is 18.4 Å². The molecule has 0 atom stereocenters. The number of piperidine rings is 1. The van der Waals surface area contributed by atoms with Gasteiger partial charge in [-0.15, -0.1) is 0 Å². The smallest absolute Gasteiger partial charge is 0.387 e. The zero-order valence-corrected chi connectivity index (χ0v) is 16.7. The third kappa shape index (κ3) is 5.10. The minimum Gasteiger partial charge on any atom is -0.435 e. The van der Waals surface area contributed by atoms with Crippen LogP contribution in [0.4, 0.5) is 14.5 Å². The Kier molecular flexibility index (Phi) is 6.49. The second-order valence-corrected chi connectivity index (χ2v) is 8.71. The van der Waals surface area contributed by atoms with E-state index >= 15 is 0 Å². The molecule has 9 heteroatoms. The molecule has 6 nitrogen and oxygen atoms in total. The number of carbonyl (C=O) groups is 1. The van der Waals surface area contributed by atoms with Gasteiger partial charge in [0.25, 0.3) is 5.91 Å². The van der Waals surface area contributed by atoms with Gasteiger partial charge in [-0.05, 0) is 61.7 Å². The maximum absolute atomic E-state index is 13.0. The van der Waals surface area contributed by atoms with Crippen LogP contribution < -0.4 is 10.1 Å². The fraction of sp³-hybridized carbons (Fsp3) is 0.350. The first-order valence-electron chi connectivity index (χ1n) is 9.24. The van der Waals surface area contributed by atoms with Crippen LogP contribution in [0.25, 0.3) is 0 Å². The van der Waals surface area contributed by atoms with Crippen LogP contribution in [0.5, 0.6) is 5.75 Å². The summed E-state index contributed by atoms with van der Waals surface area (Å²) in [7, 11) is -3.64. The van der Waals surface area contributed by atoms with Crippen molar-refractivity contribution in [3.63, 3.8) is 0 Å². The van der Waals surface area contributed by atoms with Crippen LogP contribution in [0.3, 0.4) is 0 Å². The lowest BCUT2D eigenvalue weighted by atomic mass is 10.2. The lowest BCUT2D eigenvalue weighted by Crippen LogP contribution is -2.36. The summed E-state index contributed by atoms with van der Waals surface area (Å²) in [6, 6.07) is 9.96. The number of hydrogen-bond acceptors (Lipinski definition) is 4. The summed E-state index contributed by atoms with van der Waals surface area (Å²) in [5.74, 6) is -0.541. The van der Waals surface area contributed by atoms with Gasteiger partial charge in [-0.2, -0.15) is 13.1 Å². The molecule has 0 unspecified atom stereocenters. The number of alkyl halides is 2. The number of benzene rings is 2. The minimum absolute atomic E-state index is 0.0539. The fourth-order valence-corrected chi connectivity index (χ4v) is 4.96. The van der Waals surface area contributed by atoms with Crippen LogP contribution in [0.1, 0.15) is 35.2 Å². The minimum atomic E-state index is -3.64. The second kappa shape index (κ2) is 8.87. The van der Waals surface area contributed by atoms with Gasteiger partial charge in [0.2, 0.25) is 10.0 Å². The van der Waals surface area contributed by atoms with E-state index in [0.717, 1.165) is 19.3 Å². The van der Waals surface area contributed by atoms with Crippen molar-refractivity contribution in [3.8, 4) is 5.75 Å². The molecule has 1 saturated heterocycles. The number of rotatable bonds is 6. The number of ether oxygens (including phenoxy) is 1. The predicted molar refractivity (Wildman–Crippen MR) is 105 cm³/mol. The van der Waals surface area contributed by atoms with Crippen molar-refractivity contribution < 1.29 is 26.7 Å². The first-order valence-corrected chi connectivity index (χ1v) is 10.7. The molecule has 2 aromatic carbocycles. The Labute approximate surface area is 168 Å². The molecule has 1 aliphatic heterocycles. The van der Waals surface area contributed by atoms with Crippen LogP contribution in [0.2, 0.25) is 0 Å². The van der Waals surface area contributed by atoms with Crippen LogP contribution in [-0.2, 0) is 10.0 Å². The number of aryl methyl sites for hydroxylation is 1. The first kappa shape index (κ1) is 21.2. The normalized spacial score (nSPS) is 15.3. The van der Waals surface area contributed by atoms with E-state index in [2.05, 4.69) is 10.1 Å². The number of halogens is 2. The largest absolute Gasteiger partial charge is 0.435 e. The highest BCUT2D eigenvalue weighted by Crippen LogP contribution is 2.26. The molecule has 1 N–H and O–H groups in total. The molecule has 3 rings (SSSR count). The molecule has 2 aromatic rings. The lowest BCUT2D eigenvalue weighted by Gasteiger charge is -2.26. The number of carbonyl (C=O) groups excluding carboxylic acids is 1. The highest BCUT2D eigenvalue weighted by atomic mass is 32.2. The van der Waals surface area contributed by atoms with Crippen LogP contribution in [0, 0.1) is 6.92 Å². The molecule has 0 radical (unpaired) electrons. The molecule has 0 aliphatic carbocycles. The Bertz CT molecular complexity index is 972. The van der Waals surface area contributed by atoms with Gasteiger partial charge in [-0.25, -0.2) is 8.42 Å². The van der Waals surface area contributed by atoms with Gasteiger partial charge in [0.15, 0.2) is 0 Å². The van der Waals surface area contributed by atoms with E-state index in [1.54, 1.807) is 19.1 Å². The van der Waals surface area contributed by atoms with E-state index in [1.807, 2.05) is 0 Å². The SMILES string of the molecule is Cc1ccc(NC(=O)c2ccc(OC(F)F)cc2)cc1S(=O)(=O)N1CCCCC1. The van der Waals surface area contributed by atoms with E-state index < -0.39 is 22.5 Å². The molecule has 1 aliphatic rings. The molecule has 1 fully saturated rings. The van der Waals surface area contributed by atoms with Crippen molar-refractivity contribution in [1.29, 1.82) is 0 Å². The number of amides is 1. The van der Waals surface area contributed by atoms with Gasteiger partial charge in [-0.1, -0.05) is 12.5 Å². The summed E-state index contributed by atoms with van der Waals surface area (Å²) in [6.45, 7) is -0.247. The van der Waals surface area contributed by atoms with Gasteiger partial charge < -0.3 is 10.1 Å². The zero-order chi connectivity index (χ0) is 21.0. The van der Waals surface area contributed by atoms with E-state index in [1.165, 1.54) is 34.6 Å². The quantitative estimate of drug-likeness (QED) is 0.760. The number of anilines is 1. The summed E-state index contributed by atoms with van der Waals surface area (Å²) in [6.07, 6.45) is 2.68. The summed E-state index contributed by atoms with van der Waals surface area (Å²) < 4.78 is 56.1. The third-order valence-electron chi connectivity index (χ3n) is 4.72. The lowest BCUT2D eigenvalue weighted by molar-refractivity contribution is -0.0498. The number of nitrogens with zero attached hydrogens (tertiary/aromatic N) is 1. The van der Waals surface area contributed by atoms with Crippen molar-refractivity contribution in [2.24, 2.45) is 0 Å². The topological polar surface area (TPSA) is 75.7 Å². The van der Waals surface area contributed by atoms with Crippen molar-refractivity contribution in [3.05, 3.63) is 53.6 Å². The van der Waals surface area contributed by atoms with Gasteiger partial charge in [0.05, 0.1) is 4.90 Å². The molecule has 156 valence electrons.